The molecule has 2 aliphatic rings. The monoisotopic (exact) mass is 338 g/mol. The summed E-state index contributed by atoms with van der Waals surface area (Å²) >= 11 is 0. The molecule has 6 nitrogen and oxygen atoms in total. The largest absolute Gasteiger partial charge is 0.338 e. The Morgan fingerprint density at radius 2 is 2.04 bits per heavy atom. The summed E-state index contributed by atoms with van der Waals surface area (Å²) in [7, 11) is 0. The molecule has 1 saturated heterocycles. The molecular formula is C19H22N4O2. The van der Waals surface area contributed by atoms with E-state index in [1.807, 2.05) is 31.2 Å². The number of carbonyl (C=O) groups excluding carboxylic acids is 1. The summed E-state index contributed by atoms with van der Waals surface area (Å²) in [6, 6.07) is 8.02. The fourth-order valence-electron chi connectivity index (χ4n) is 3.64. The van der Waals surface area contributed by atoms with Crippen LogP contribution in [-0.4, -0.2) is 34.0 Å². The second-order valence-corrected chi connectivity index (χ2v) is 6.59. The van der Waals surface area contributed by atoms with Gasteiger partial charge in [-0.1, -0.05) is 35.9 Å². The van der Waals surface area contributed by atoms with Crippen LogP contribution in [0.15, 0.2) is 34.4 Å². The molecule has 2 aliphatic heterocycles. The van der Waals surface area contributed by atoms with Crippen molar-refractivity contribution in [2.24, 2.45) is 0 Å². The highest BCUT2D eigenvalue weighted by Gasteiger charge is 2.30. The van der Waals surface area contributed by atoms with Gasteiger partial charge in [0.05, 0.1) is 6.04 Å². The minimum Gasteiger partial charge on any atom is -0.338 e. The molecule has 0 aliphatic carbocycles. The van der Waals surface area contributed by atoms with Crippen LogP contribution in [0.25, 0.3) is 5.57 Å². The first-order valence-electron chi connectivity index (χ1n) is 8.86. The molecule has 130 valence electrons. The fourth-order valence-corrected chi connectivity index (χ4v) is 3.64. The van der Waals surface area contributed by atoms with Gasteiger partial charge in [0.2, 0.25) is 5.89 Å². The number of carbonyl (C=O) groups is 1. The summed E-state index contributed by atoms with van der Waals surface area (Å²) in [5, 5.41) is 6.96. The third-order valence-electron chi connectivity index (χ3n) is 5.13. The molecule has 1 aromatic heterocycles. The van der Waals surface area contributed by atoms with Crippen molar-refractivity contribution in [1.29, 1.82) is 0 Å². The molecule has 1 atom stereocenters. The van der Waals surface area contributed by atoms with E-state index in [0.717, 1.165) is 55.0 Å². The highest BCUT2D eigenvalue weighted by Crippen LogP contribution is 2.37. The van der Waals surface area contributed by atoms with Crippen molar-refractivity contribution in [3.05, 3.63) is 47.1 Å². The van der Waals surface area contributed by atoms with Crippen LogP contribution < -0.4 is 5.32 Å². The first-order chi connectivity index (χ1) is 12.2. The number of benzene rings is 1. The van der Waals surface area contributed by atoms with Gasteiger partial charge in [0.15, 0.2) is 5.82 Å². The molecule has 0 bridgehead atoms. The normalized spacial score (nSPS) is 19.0. The van der Waals surface area contributed by atoms with Crippen molar-refractivity contribution in [3.8, 4) is 0 Å². The molecule has 1 aromatic carbocycles. The number of nitrogens with zero attached hydrogens (tertiary/aromatic N) is 3. The maximum atomic E-state index is 12.4. The second kappa shape index (κ2) is 6.44. The van der Waals surface area contributed by atoms with Crippen molar-refractivity contribution in [2.75, 3.05) is 18.4 Å². The van der Waals surface area contributed by atoms with E-state index < -0.39 is 0 Å². The number of para-hydroxylation sites is 1. The Morgan fingerprint density at radius 3 is 2.76 bits per heavy atom. The van der Waals surface area contributed by atoms with Crippen molar-refractivity contribution in [3.63, 3.8) is 0 Å². The first-order valence-corrected chi connectivity index (χ1v) is 8.86. The molecule has 2 aromatic rings. The summed E-state index contributed by atoms with van der Waals surface area (Å²) in [4.78, 5) is 19.2. The Balaban J connectivity index is 1.51. The molecule has 4 rings (SSSR count). The van der Waals surface area contributed by atoms with Crippen LogP contribution in [0.1, 0.15) is 50.0 Å². The maximum absolute atomic E-state index is 12.4. The minimum atomic E-state index is 0.0298. The first kappa shape index (κ1) is 16.0. The molecule has 1 fully saturated rings. The Bertz CT molecular complexity index is 829. The molecule has 6 heteroatoms. The smallest absolute Gasteiger partial charge is 0.256 e. The molecule has 25 heavy (non-hydrogen) atoms. The average Bonchev–Trinajstić information content (AvgIpc) is 3.25. The van der Waals surface area contributed by atoms with Crippen molar-refractivity contribution in [2.45, 2.75) is 39.2 Å². The zero-order chi connectivity index (χ0) is 17.4. The van der Waals surface area contributed by atoms with Crippen LogP contribution >= 0.6 is 0 Å². The quantitative estimate of drug-likeness (QED) is 0.870. The Kier molecular flexibility index (Phi) is 4.13. The summed E-state index contributed by atoms with van der Waals surface area (Å²) < 4.78 is 5.38. The predicted octanol–water partition coefficient (Wildman–Crippen LogP) is 3.19. The van der Waals surface area contributed by atoms with Gasteiger partial charge in [-0.3, -0.25) is 9.69 Å². The number of hydrogen-bond acceptors (Lipinski definition) is 5. The molecule has 1 amide bonds. The second-order valence-electron chi connectivity index (χ2n) is 6.59. The average molecular weight is 338 g/mol. The Hall–Kier alpha value is -2.47. The zero-order valence-corrected chi connectivity index (χ0v) is 14.6. The number of amides is 1. The highest BCUT2D eigenvalue weighted by atomic mass is 16.5. The Morgan fingerprint density at radius 1 is 1.28 bits per heavy atom. The van der Waals surface area contributed by atoms with Crippen molar-refractivity contribution < 1.29 is 9.32 Å². The van der Waals surface area contributed by atoms with Gasteiger partial charge >= 0.3 is 0 Å². The van der Waals surface area contributed by atoms with Crippen molar-refractivity contribution in [1.82, 2.24) is 15.0 Å². The number of aryl methyl sites for hydroxylation is 1. The summed E-state index contributed by atoms with van der Waals surface area (Å²) in [6.07, 6.45) is 2.55. The minimum absolute atomic E-state index is 0.0298. The van der Waals surface area contributed by atoms with E-state index in [0.29, 0.717) is 5.89 Å². The molecule has 1 N–H and O–H groups in total. The van der Waals surface area contributed by atoms with E-state index >= 15 is 0 Å². The van der Waals surface area contributed by atoms with Gasteiger partial charge < -0.3 is 9.84 Å². The van der Waals surface area contributed by atoms with Gasteiger partial charge in [0.25, 0.3) is 5.91 Å². The van der Waals surface area contributed by atoms with Crippen LogP contribution in [0.2, 0.25) is 0 Å². The zero-order valence-electron chi connectivity index (χ0n) is 14.6. The van der Waals surface area contributed by atoms with E-state index in [2.05, 4.69) is 27.3 Å². The molecule has 0 saturated carbocycles. The lowest BCUT2D eigenvalue weighted by Gasteiger charge is -2.32. The van der Waals surface area contributed by atoms with E-state index in [-0.39, 0.29) is 11.9 Å². The topological polar surface area (TPSA) is 71.3 Å². The predicted molar refractivity (Wildman–Crippen MR) is 94.9 cm³/mol. The van der Waals surface area contributed by atoms with Crippen molar-refractivity contribution >= 4 is 17.2 Å². The van der Waals surface area contributed by atoms with Crippen LogP contribution in [0, 0.1) is 0 Å². The summed E-state index contributed by atoms with van der Waals surface area (Å²) in [5.74, 6) is 1.46. The highest BCUT2D eigenvalue weighted by molar-refractivity contribution is 6.32. The van der Waals surface area contributed by atoms with Crippen LogP contribution in [-0.2, 0) is 11.2 Å². The lowest BCUT2D eigenvalue weighted by molar-refractivity contribution is -0.110. The van der Waals surface area contributed by atoms with E-state index in [4.69, 9.17) is 4.52 Å². The van der Waals surface area contributed by atoms with Gasteiger partial charge in [-0.25, -0.2) is 0 Å². The Labute approximate surface area is 146 Å². The molecule has 3 heterocycles. The van der Waals surface area contributed by atoms with Gasteiger partial charge in [-0.15, -0.1) is 0 Å². The lowest BCUT2D eigenvalue weighted by Crippen LogP contribution is -2.33. The summed E-state index contributed by atoms with van der Waals surface area (Å²) in [6.45, 7) is 5.89. The third-order valence-corrected chi connectivity index (χ3v) is 5.13. The number of aromatic nitrogens is 2. The number of hydrogen-bond donors (Lipinski definition) is 1. The number of anilines is 1. The van der Waals surface area contributed by atoms with E-state index in [1.165, 1.54) is 5.57 Å². The molecular weight excluding hydrogens is 316 g/mol. The van der Waals surface area contributed by atoms with Crippen LogP contribution in [0.4, 0.5) is 5.69 Å². The van der Waals surface area contributed by atoms with Gasteiger partial charge in [0, 0.05) is 36.3 Å². The number of likely N-dealkylation sites (tertiary alicyclic amines) is 1. The van der Waals surface area contributed by atoms with Gasteiger partial charge in [-0.2, -0.15) is 4.98 Å². The molecule has 0 spiro atoms. The van der Waals surface area contributed by atoms with Crippen LogP contribution in [0.3, 0.4) is 0 Å². The number of piperidine rings is 1. The van der Waals surface area contributed by atoms with E-state index in [1.54, 1.807) is 0 Å². The van der Waals surface area contributed by atoms with Crippen LogP contribution in [0.5, 0.6) is 0 Å². The van der Waals surface area contributed by atoms with Gasteiger partial charge in [0.1, 0.15) is 0 Å². The number of nitrogens with one attached hydrogen (secondary N) is 1. The lowest BCUT2D eigenvalue weighted by atomic mass is 9.93. The standard InChI is InChI=1S/C19H22N4O2/c1-3-16-21-19(25-22-16)12(2)23-10-8-13(9-11-23)17-14-6-4-5-7-15(14)20-18(17)24/h4-7,12H,3,8-11H2,1-2H3,(H,20,24)/t12-/m0/s1. The SMILES string of the molecule is CCc1noc([C@H](C)N2CCC(=C3C(=O)Nc4ccccc43)CC2)n1. The fraction of sp³-hybridized carbons (Fsp3) is 0.421. The molecule has 0 radical (unpaired) electrons. The summed E-state index contributed by atoms with van der Waals surface area (Å²) in [5.41, 5.74) is 4.07. The van der Waals surface area contributed by atoms with E-state index in [9.17, 15) is 4.79 Å². The maximum Gasteiger partial charge on any atom is 0.256 e. The molecule has 0 unspecified atom stereocenters. The third kappa shape index (κ3) is 2.87. The number of fused-ring (bicyclic) bond motifs is 1. The van der Waals surface area contributed by atoms with Gasteiger partial charge in [-0.05, 0) is 25.8 Å². The number of rotatable bonds is 3.